The van der Waals surface area contributed by atoms with Gasteiger partial charge in [-0.2, -0.15) is 5.10 Å². The summed E-state index contributed by atoms with van der Waals surface area (Å²) in [5.74, 6) is -0.0267. The number of carbonyl (C=O) groups excluding carboxylic acids is 1. The first-order valence-electron chi connectivity index (χ1n) is 6.53. The van der Waals surface area contributed by atoms with Crippen LogP contribution in [0, 0.1) is 20.8 Å². The quantitative estimate of drug-likeness (QED) is 0.930. The second-order valence-electron chi connectivity index (χ2n) is 5.03. The van der Waals surface area contributed by atoms with Crippen molar-refractivity contribution in [3.63, 3.8) is 0 Å². The molecule has 1 amide bonds. The fourth-order valence-electron chi connectivity index (χ4n) is 2.08. The zero-order chi connectivity index (χ0) is 14.9. The van der Waals surface area contributed by atoms with Gasteiger partial charge in [-0.3, -0.25) is 9.48 Å². The number of hydrogen-bond donors (Lipinski definition) is 1. The van der Waals surface area contributed by atoms with E-state index in [2.05, 4.69) is 5.10 Å². The van der Waals surface area contributed by atoms with E-state index in [4.69, 9.17) is 5.73 Å². The molecule has 2 rings (SSSR count). The van der Waals surface area contributed by atoms with Gasteiger partial charge in [0.15, 0.2) is 0 Å². The van der Waals surface area contributed by atoms with E-state index in [0.29, 0.717) is 5.69 Å². The predicted molar refractivity (Wildman–Crippen MR) is 80.7 cm³/mol. The van der Waals surface area contributed by atoms with Crippen LogP contribution in [0.2, 0.25) is 0 Å². The molecule has 0 aliphatic heterocycles. The van der Waals surface area contributed by atoms with Gasteiger partial charge in [-0.25, -0.2) is 0 Å². The fraction of sp³-hybridized carbons (Fsp3) is 0.333. The monoisotopic (exact) mass is 272 g/mol. The summed E-state index contributed by atoms with van der Waals surface area (Å²) in [6, 6.07) is 7.84. The van der Waals surface area contributed by atoms with Crippen molar-refractivity contribution >= 4 is 17.3 Å². The van der Waals surface area contributed by atoms with E-state index in [1.165, 1.54) is 0 Å². The standard InChI is InChI=1S/C15H20N4O/c1-10-6-5-7-13(8-10)18(4)14(20)9-19-12(3)15(16)11(2)17-19/h5-8H,9,16H2,1-4H3. The first kappa shape index (κ1) is 14.1. The fourth-order valence-corrected chi connectivity index (χ4v) is 2.08. The van der Waals surface area contributed by atoms with Crippen LogP contribution in [0.25, 0.3) is 0 Å². The van der Waals surface area contributed by atoms with Gasteiger partial charge in [0.2, 0.25) is 5.91 Å². The Hall–Kier alpha value is -2.30. The Morgan fingerprint density at radius 2 is 2.05 bits per heavy atom. The van der Waals surface area contributed by atoms with Crippen molar-refractivity contribution in [3.8, 4) is 0 Å². The van der Waals surface area contributed by atoms with Gasteiger partial charge in [-0.1, -0.05) is 12.1 Å². The number of amides is 1. The minimum Gasteiger partial charge on any atom is -0.396 e. The average molecular weight is 272 g/mol. The highest BCUT2D eigenvalue weighted by Crippen LogP contribution is 2.17. The third kappa shape index (κ3) is 2.66. The predicted octanol–water partition coefficient (Wildman–Crippen LogP) is 2.05. The lowest BCUT2D eigenvalue weighted by Gasteiger charge is -2.18. The molecule has 2 aromatic rings. The molecule has 0 spiro atoms. The molecule has 5 heteroatoms. The summed E-state index contributed by atoms with van der Waals surface area (Å²) in [4.78, 5) is 14.0. The summed E-state index contributed by atoms with van der Waals surface area (Å²) in [5.41, 5.74) is 10.1. The number of anilines is 2. The van der Waals surface area contributed by atoms with Crippen molar-refractivity contribution in [1.82, 2.24) is 9.78 Å². The highest BCUT2D eigenvalue weighted by molar-refractivity contribution is 5.92. The molecule has 0 saturated carbocycles. The summed E-state index contributed by atoms with van der Waals surface area (Å²) < 4.78 is 1.65. The number of aromatic nitrogens is 2. The lowest BCUT2D eigenvalue weighted by atomic mass is 10.2. The van der Waals surface area contributed by atoms with Crippen molar-refractivity contribution in [2.24, 2.45) is 0 Å². The molecule has 106 valence electrons. The zero-order valence-electron chi connectivity index (χ0n) is 12.3. The number of hydrogen-bond acceptors (Lipinski definition) is 3. The van der Waals surface area contributed by atoms with Crippen LogP contribution >= 0.6 is 0 Å². The van der Waals surface area contributed by atoms with Crippen molar-refractivity contribution in [3.05, 3.63) is 41.2 Å². The van der Waals surface area contributed by atoms with Crippen LogP contribution in [0.5, 0.6) is 0 Å². The lowest BCUT2D eigenvalue weighted by Crippen LogP contribution is -2.30. The van der Waals surface area contributed by atoms with Crippen LogP contribution in [0.4, 0.5) is 11.4 Å². The van der Waals surface area contributed by atoms with Crippen molar-refractivity contribution in [2.75, 3.05) is 17.7 Å². The highest BCUT2D eigenvalue weighted by Gasteiger charge is 2.15. The third-order valence-electron chi connectivity index (χ3n) is 3.49. The second kappa shape index (κ2) is 5.36. The molecule has 1 aromatic heterocycles. The van der Waals surface area contributed by atoms with E-state index in [1.54, 1.807) is 16.6 Å². The smallest absolute Gasteiger partial charge is 0.248 e. The van der Waals surface area contributed by atoms with Gasteiger partial charge in [0.1, 0.15) is 6.54 Å². The summed E-state index contributed by atoms with van der Waals surface area (Å²) in [6.45, 7) is 5.90. The normalized spacial score (nSPS) is 10.6. The first-order chi connectivity index (χ1) is 9.40. The molecule has 0 radical (unpaired) electrons. The van der Waals surface area contributed by atoms with Crippen molar-refractivity contribution in [2.45, 2.75) is 27.3 Å². The molecule has 1 aromatic carbocycles. The largest absolute Gasteiger partial charge is 0.396 e. The van der Waals surface area contributed by atoms with Gasteiger partial charge in [-0.15, -0.1) is 0 Å². The number of nitrogen functional groups attached to an aromatic ring is 1. The van der Waals surface area contributed by atoms with Gasteiger partial charge in [0.25, 0.3) is 0 Å². The lowest BCUT2D eigenvalue weighted by molar-refractivity contribution is -0.119. The van der Waals surface area contributed by atoms with Crippen LogP contribution in [0.1, 0.15) is 17.0 Å². The molecule has 0 aliphatic rings. The van der Waals surface area contributed by atoms with E-state index >= 15 is 0 Å². The number of benzene rings is 1. The summed E-state index contributed by atoms with van der Waals surface area (Å²) >= 11 is 0. The van der Waals surface area contributed by atoms with Gasteiger partial charge in [0.05, 0.1) is 17.1 Å². The minimum atomic E-state index is -0.0267. The van der Waals surface area contributed by atoms with Crippen LogP contribution < -0.4 is 10.6 Å². The van der Waals surface area contributed by atoms with Gasteiger partial charge in [0, 0.05) is 12.7 Å². The summed E-state index contributed by atoms with van der Waals surface area (Å²) in [5, 5.41) is 4.29. The van der Waals surface area contributed by atoms with Gasteiger partial charge >= 0.3 is 0 Å². The summed E-state index contributed by atoms with van der Waals surface area (Å²) in [6.07, 6.45) is 0. The Kier molecular flexibility index (Phi) is 3.79. The molecule has 0 unspecified atom stereocenters. The van der Waals surface area contributed by atoms with Crippen molar-refractivity contribution < 1.29 is 4.79 Å². The molecular formula is C15H20N4O. The summed E-state index contributed by atoms with van der Waals surface area (Å²) in [7, 11) is 1.77. The topological polar surface area (TPSA) is 64.2 Å². The van der Waals surface area contributed by atoms with Gasteiger partial charge < -0.3 is 10.6 Å². The molecule has 20 heavy (non-hydrogen) atoms. The second-order valence-corrected chi connectivity index (χ2v) is 5.03. The molecule has 5 nitrogen and oxygen atoms in total. The average Bonchev–Trinajstić information content (AvgIpc) is 2.65. The van der Waals surface area contributed by atoms with Crippen LogP contribution in [0.15, 0.2) is 24.3 Å². The Morgan fingerprint density at radius 3 is 2.60 bits per heavy atom. The third-order valence-corrected chi connectivity index (χ3v) is 3.49. The molecule has 0 fully saturated rings. The Morgan fingerprint density at radius 1 is 1.35 bits per heavy atom. The van der Waals surface area contributed by atoms with Crippen molar-refractivity contribution in [1.29, 1.82) is 0 Å². The van der Waals surface area contributed by atoms with E-state index < -0.39 is 0 Å². The maximum absolute atomic E-state index is 12.3. The maximum Gasteiger partial charge on any atom is 0.248 e. The molecule has 1 heterocycles. The number of carbonyl (C=O) groups is 1. The van der Waals surface area contributed by atoms with E-state index in [0.717, 1.165) is 22.6 Å². The van der Waals surface area contributed by atoms with Gasteiger partial charge in [-0.05, 0) is 38.5 Å². The molecule has 0 atom stereocenters. The Labute approximate surface area is 119 Å². The highest BCUT2D eigenvalue weighted by atomic mass is 16.2. The first-order valence-corrected chi connectivity index (χ1v) is 6.53. The number of aryl methyl sites for hydroxylation is 2. The van der Waals surface area contributed by atoms with Crippen LogP contribution in [0.3, 0.4) is 0 Å². The van der Waals surface area contributed by atoms with E-state index in [1.807, 2.05) is 45.0 Å². The van der Waals surface area contributed by atoms with E-state index in [9.17, 15) is 4.79 Å². The molecular weight excluding hydrogens is 252 g/mol. The molecule has 0 bridgehead atoms. The van der Waals surface area contributed by atoms with Crippen LogP contribution in [-0.4, -0.2) is 22.7 Å². The number of nitrogens with zero attached hydrogens (tertiary/aromatic N) is 3. The number of likely N-dealkylation sites (N-methyl/N-ethyl adjacent to an activating group) is 1. The Balaban J connectivity index is 2.17. The SMILES string of the molecule is Cc1cccc(N(C)C(=O)Cn2nc(C)c(N)c2C)c1. The minimum absolute atomic E-state index is 0.0267. The molecule has 2 N–H and O–H groups in total. The van der Waals surface area contributed by atoms with Crippen LogP contribution in [-0.2, 0) is 11.3 Å². The molecule has 0 saturated heterocycles. The Bertz CT molecular complexity index is 645. The number of rotatable bonds is 3. The number of nitrogens with two attached hydrogens (primary N) is 1. The van der Waals surface area contributed by atoms with E-state index in [-0.39, 0.29) is 12.5 Å². The zero-order valence-corrected chi connectivity index (χ0v) is 12.3. The molecule has 0 aliphatic carbocycles. The maximum atomic E-state index is 12.3.